The molecule has 0 aliphatic carbocycles. The maximum atomic E-state index is 16.0. The molecule has 5 nitrogen and oxygen atoms in total. The molecule has 0 N–H and O–H groups in total. The Morgan fingerprint density at radius 1 is 1.19 bits per heavy atom. The van der Waals surface area contributed by atoms with E-state index in [-0.39, 0.29) is 34.8 Å². The summed E-state index contributed by atoms with van der Waals surface area (Å²) in [4.78, 5) is 24.8. The van der Waals surface area contributed by atoms with Crippen LogP contribution in [0.5, 0.6) is 0 Å². The number of amides is 1. The minimum absolute atomic E-state index is 0.0288. The van der Waals surface area contributed by atoms with Gasteiger partial charge >= 0.3 is 0 Å². The molecule has 1 amide bonds. The van der Waals surface area contributed by atoms with Crippen LogP contribution < -0.4 is 4.90 Å². The Labute approximate surface area is 211 Å². The van der Waals surface area contributed by atoms with Gasteiger partial charge in [-0.3, -0.25) is 14.8 Å². The number of terminal acetylenes is 1. The highest BCUT2D eigenvalue weighted by Gasteiger charge is 2.49. The number of hydrogen-bond acceptors (Lipinski definition) is 4. The van der Waals surface area contributed by atoms with Gasteiger partial charge in [-0.15, -0.1) is 6.42 Å². The van der Waals surface area contributed by atoms with Gasteiger partial charge in [-0.25, -0.2) is 8.78 Å². The Bertz CT molecular complexity index is 1650. The second-order valence-corrected chi connectivity index (χ2v) is 9.33. The van der Waals surface area contributed by atoms with Crippen molar-refractivity contribution in [3.05, 3.63) is 77.6 Å². The highest BCUT2D eigenvalue weighted by molar-refractivity contribution is 6.34. The van der Waals surface area contributed by atoms with Crippen molar-refractivity contribution in [2.45, 2.75) is 18.5 Å². The van der Waals surface area contributed by atoms with E-state index < -0.39 is 11.6 Å². The van der Waals surface area contributed by atoms with Crippen LogP contribution in [0.25, 0.3) is 32.9 Å². The smallest absolute Gasteiger partial charge is 0.246 e. The van der Waals surface area contributed by atoms with Crippen molar-refractivity contribution in [2.75, 3.05) is 18.0 Å². The van der Waals surface area contributed by atoms with Crippen LogP contribution >= 0.6 is 11.6 Å². The van der Waals surface area contributed by atoms with E-state index in [2.05, 4.69) is 27.4 Å². The third kappa shape index (κ3) is 3.11. The molecule has 0 radical (unpaired) electrons. The molecule has 178 valence electrons. The summed E-state index contributed by atoms with van der Waals surface area (Å²) in [6.45, 7) is 4.78. The number of nitrogens with zero attached hydrogens (tertiary/aromatic N) is 4. The third-order valence-electron chi connectivity index (χ3n) is 7.22. The minimum Gasteiger partial charge on any atom is -0.362 e. The highest BCUT2D eigenvalue weighted by Crippen LogP contribution is 2.44. The van der Waals surface area contributed by atoms with Gasteiger partial charge in [0.15, 0.2) is 5.82 Å². The van der Waals surface area contributed by atoms with E-state index in [4.69, 9.17) is 18.0 Å². The molecular weight excluding hydrogens is 482 g/mol. The maximum Gasteiger partial charge on any atom is 0.246 e. The number of likely N-dealkylation sites (tertiary alicyclic amines) is 1. The van der Waals surface area contributed by atoms with Crippen molar-refractivity contribution < 1.29 is 13.6 Å². The molecule has 2 aromatic heterocycles. The van der Waals surface area contributed by atoms with E-state index in [0.717, 1.165) is 6.42 Å². The molecule has 4 aromatic rings. The standard InChI is InChI=1S/C28H19ClF2N4O/c1-3-16-20(30)9-8-15-6-5-7-17(24(15)16)26-25(31)27-18(12-32-26)28(19(29)13-33-27)35-14-22-21(35)10-11-34(22)23(36)4-2/h1,4-9,12-13,21-22H,2,10-11,14H2/t21-,22-/m1/s1. The summed E-state index contributed by atoms with van der Waals surface area (Å²) in [5.74, 6) is 1.10. The lowest BCUT2D eigenvalue weighted by Crippen LogP contribution is -2.62. The lowest BCUT2D eigenvalue weighted by molar-refractivity contribution is -0.127. The molecule has 36 heavy (non-hydrogen) atoms. The Hall–Kier alpha value is -4.02. The van der Waals surface area contributed by atoms with Crippen LogP contribution in [0.2, 0.25) is 5.02 Å². The number of benzene rings is 2. The van der Waals surface area contributed by atoms with Gasteiger partial charge in [0, 0.05) is 41.8 Å². The van der Waals surface area contributed by atoms with Crippen molar-refractivity contribution in [3.8, 4) is 23.6 Å². The molecule has 2 atom stereocenters. The van der Waals surface area contributed by atoms with E-state index in [0.29, 0.717) is 45.5 Å². The predicted molar refractivity (Wildman–Crippen MR) is 137 cm³/mol. The SMILES string of the molecule is C#Cc1c(F)ccc2cccc(-c3ncc4c(N5C[C@@H]6[C@H]5CCN6C(=O)C=C)c(Cl)cnc4c3F)c12. The normalized spacial score (nSPS) is 18.7. The van der Waals surface area contributed by atoms with E-state index in [1.807, 2.05) is 4.90 Å². The number of hydrogen-bond donors (Lipinski definition) is 0. The monoisotopic (exact) mass is 500 g/mol. The zero-order valence-corrected chi connectivity index (χ0v) is 19.8. The molecule has 0 unspecified atom stereocenters. The maximum absolute atomic E-state index is 16.0. The third-order valence-corrected chi connectivity index (χ3v) is 7.49. The first-order valence-corrected chi connectivity index (χ1v) is 11.8. The molecule has 2 aromatic carbocycles. The van der Waals surface area contributed by atoms with Gasteiger partial charge in [0.1, 0.15) is 17.0 Å². The first-order valence-electron chi connectivity index (χ1n) is 11.4. The fourth-order valence-electron chi connectivity index (χ4n) is 5.53. The lowest BCUT2D eigenvalue weighted by Gasteiger charge is -2.48. The number of anilines is 1. The molecule has 0 bridgehead atoms. The molecule has 2 fully saturated rings. The highest BCUT2D eigenvalue weighted by atomic mass is 35.5. The average molecular weight is 501 g/mol. The summed E-state index contributed by atoms with van der Waals surface area (Å²) in [5.41, 5.74) is 1.22. The van der Waals surface area contributed by atoms with Crippen molar-refractivity contribution in [3.63, 3.8) is 0 Å². The summed E-state index contributed by atoms with van der Waals surface area (Å²) in [5, 5.41) is 1.95. The summed E-state index contributed by atoms with van der Waals surface area (Å²) >= 11 is 6.56. The van der Waals surface area contributed by atoms with Crippen LogP contribution in [0.3, 0.4) is 0 Å². The van der Waals surface area contributed by atoms with E-state index in [1.54, 1.807) is 30.5 Å². The van der Waals surface area contributed by atoms with Crippen molar-refractivity contribution in [2.24, 2.45) is 0 Å². The lowest BCUT2D eigenvalue weighted by atomic mass is 9.94. The topological polar surface area (TPSA) is 49.3 Å². The number of carbonyl (C=O) groups is 1. The first kappa shape index (κ1) is 22.4. The van der Waals surface area contributed by atoms with E-state index in [1.165, 1.54) is 18.3 Å². The van der Waals surface area contributed by atoms with E-state index in [9.17, 15) is 9.18 Å². The summed E-state index contributed by atoms with van der Waals surface area (Å²) in [6.07, 6.45) is 10.7. The average Bonchev–Trinajstić information content (AvgIpc) is 3.21. The molecular formula is C28H19ClF2N4O. The van der Waals surface area contributed by atoms with Gasteiger partial charge in [-0.05, 0) is 23.9 Å². The van der Waals surface area contributed by atoms with Crippen LogP contribution in [-0.4, -0.2) is 45.9 Å². The van der Waals surface area contributed by atoms with Crippen molar-refractivity contribution in [1.82, 2.24) is 14.9 Å². The fourth-order valence-corrected chi connectivity index (χ4v) is 5.79. The second-order valence-electron chi connectivity index (χ2n) is 8.92. The van der Waals surface area contributed by atoms with Crippen LogP contribution in [0.15, 0.2) is 55.4 Å². The number of aromatic nitrogens is 2. The van der Waals surface area contributed by atoms with Crippen LogP contribution in [0, 0.1) is 24.0 Å². The molecule has 2 aliphatic heterocycles. The van der Waals surface area contributed by atoms with Crippen LogP contribution in [-0.2, 0) is 4.79 Å². The number of fused-ring (bicyclic) bond motifs is 3. The van der Waals surface area contributed by atoms with Crippen molar-refractivity contribution >= 4 is 44.9 Å². The zero-order chi connectivity index (χ0) is 25.1. The second kappa shape index (κ2) is 8.28. The van der Waals surface area contributed by atoms with Crippen LogP contribution in [0.1, 0.15) is 12.0 Å². The molecule has 0 spiro atoms. The molecule has 0 saturated carbocycles. The number of halogens is 3. The summed E-state index contributed by atoms with van der Waals surface area (Å²) in [7, 11) is 0. The fraction of sp³-hybridized carbons (Fsp3) is 0.179. The van der Waals surface area contributed by atoms with Crippen molar-refractivity contribution in [1.29, 1.82) is 0 Å². The van der Waals surface area contributed by atoms with Gasteiger partial charge in [-0.1, -0.05) is 48.4 Å². The van der Waals surface area contributed by atoms with E-state index >= 15 is 4.39 Å². The van der Waals surface area contributed by atoms with Gasteiger partial charge in [0.05, 0.1) is 28.4 Å². The molecule has 2 saturated heterocycles. The Morgan fingerprint density at radius 2 is 2.03 bits per heavy atom. The number of rotatable bonds is 3. The molecule has 6 rings (SSSR count). The Morgan fingerprint density at radius 3 is 2.81 bits per heavy atom. The Kier molecular flexibility index (Phi) is 5.16. The van der Waals surface area contributed by atoms with Gasteiger partial charge in [0.2, 0.25) is 5.91 Å². The number of carbonyl (C=O) groups excluding carboxylic acids is 1. The molecule has 8 heteroatoms. The largest absolute Gasteiger partial charge is 0.362 e. The predicted octanol–water partition coefficient (Wildman–Crippen LogP) is 5.34. The molecule has 4 heterocycles. The van der Waals surface area contributed by atoms with Crippen LogP contribution in [0.4, 0.5) is 14.5 Å². The zero-order valence-electron chi connectivity index (χ0n) is 19.0. The summed E-state index contributed by atoms with van der Waals surface area (Å²) in [6, 6.07) is 8.23. The van der Waals surface area contributed by atoms with Gasteiger partial charge < -0.3 is 9.80 Å². The quantitative estimate of drug-likeness (QED) is 0.281. The van der Waals surface area contributed by atoms with Gasteiger partial charge in [0.25, 0.3) is 0 Å². The molecule has 2 aliphatic rings. The summed E-state index contributed by atoms with van der Waals surface area (Å²) < 4.78 is 30.5. The first-order chi connectivity index (χ1) is 17.4. The minimum atomic E-state index is -0.642. The van der Waals surface area contributed by atoms with Gasteiger partial charge in [-0.2, -0.15) is 0 Å². The Balaban J connectivity index is 1.48. The number of pyridine rings is 2.